The van der Waals surface area contributed by atoms with Crippen molar-refractivity contribution in [1.82, 2.24) is 4.90 Å². The number of carbonyl (C=O) groups is 1. The van der Waals surface area contributed by atoms with Crippen LogP contribution < -0.4 is 0 Å². The fourth-order valence-electron chi connectivity index (χ4n) is 1.25. The van der Waals surface area contributed by atoms with Gasteiger partial charge in [0.05, 0.1) is 5.92 Å². The van der Waals surface area contributed by atoms with E-state index in [1.54, 1.807) is 0 Å². The fraction of sp³-hybridized carbons (Fsp3) is 0.667. The molecule has 3 heteroatoms. The number of carboxylic acids is 1. The fourth-order valence-corrected chi connectivity index (χ4v) is 1.25. The number of carboxylic acid groups (broad SMARTS) is 1. The molecule has 1 aliphatic rings. The summed E-state index contributed by atoms with van der Waals surface area (Å²) in [6.07, 6.45) is 0.850. The van der Waals surface area contributed by atoms with Crippen molar-refractivity contribution in [2.75, 3.05) is 19.6 Å². The summed E-state index contributed by atoms with van der Waals surface area (Å²) in [5, 5.41) is 8.57. The molecule has 1 rings (SSSR count). The summed E-state index contributed by atoms with van der Waals surface area (Å²) in [6, 6.07) is 0. The van der Waals surface area contributed by atoms with E-state index in [4.69, 9.17) is 5.11 Å². The van der Waals surface area contributed by atoms with E-state index < -0.39 is 5.97 Å². The van der Waals surface area contributed by atoms with Crippen LogP contribution in [-0.4, -0.2) is 35.6 Å². The quantitative estimate of drug-likeness (QED) is 0.619. The first-order valence-corrected chi connectivity index (χ1v) is 4.09. The van der Waals surface area contributed by atoms with E-state index in [1.165, 1.54) is 0 Å². The topological polar surface area (TPSA) is 40.5 Å². The Balaban J connectivity index is 2.08. The molecular formula is C9H13NO2. The third kappa shape index (κ3) is 2.24. The van der Waals surface area contributed by atoms with Crippen molar-refractivity contribution in [3.05, 3.63) is 0 Å². The second-order valence-corrected chi connectivity index (χ2v) is 2.97. The van der Waals surface area contributed by atoms with E-state index >= 15 is 0 Å². The Bertz CT molecular complexity index is 220. The third-order valence-corrected chi connectivity index (χ3v) is 2.04. The lowest BCUT2D eigenvalue weighted by atomic mass is 10.0. The van der Waals surface area contributed by atoms with Crippen LogP contribution in [0, 0.1) is 17.8 Å². The zero-order chi connectivity index (χ0) is 8.97. The van der Waals surface area contributed by atoms with Crippen LogP contribution in [0.2, 0.25) is 0 Å². The van der Waals surface area contributed by atoms with Gasteiger partial charge in [0.2, 0.25) is 0 Å². The SMILES string of the molecule is CC#CCCN1CC(C(=O)O)C1. The minimum absolute atomic E-state index is 0.139. The van der Waals surface area contributed by atoms with Gasteiger partial charge in [-0.15, -0.1) is 11.8 Å². The first-order valence-electron chi connectivity index (χ1n) is 4.09. The summed E-state index contributed by atoms with van der Waals surface area (Å²) >= 11 is 0. The molecule has 0 aliphatic carbocycles. The number of rotatable bonds is 3. The molecule has 3 nitrogen and oxygen atoms in total. The smallest absolute Gasteiger partial charge is 0.309 e. The van der Waals surface area contributed by atoms with Crippen LogP contribution in [0.1, 0.15) is 13.3 Å². The van der Waals surface area contributed by atoms with Gasteiger partial charge < -0.3 is 10.0 Å². The van der Waals surface area contributed by atoms with E-state index in [9.17, 15) is 4.79 Å². The molecule has 0 amide bonds. The summed E-state index contributed by atoms with van der Waals surface area (Å²) in [6.45, 7) is 4.11. The molecule has 0 saturated carbocycles. The highest BCUT2D eigenvalue weighted by molar-refractivity contribution is 5.71. The van der Waals surface area contributed by atoms with Gasteiger partial charge in [-0.25, -0.2) is 0 Å². The van der Waals surface area contributed by atoms with E-state index in [-0.39, 0.29) is 5.92 Å². The Hall–Kier alpha value is -1.01. The van der Waals surface area contributed by atoms with E-state index in [2.05, 4.69) is 16.7 Å². The average molecular weight is 167 g/mol. The summed E-state index contributed by atoms with van der Waals surface area (Å²) in [7, 11) is 0. The number of likely N-dealkylation sites (tertiary alicyclic amines) is 1. The Labute approximate surface area is 72.4 Å². The summed E-state index contributed by atoms with van der Waals surface area (Å²) in [4.78, 5) is 12.5. The van der Waals surface area contributed by atoms with Crippen molar-refractivity contribution < 1.29 is 9.90 Å². The van der Waals surface area contributed by atoms with Crippen LogP contribution in [-0.2, 0) is 4.79 Å². The van der Waals surface area contributed by atoms with Crippen LogP contribution in [0.5, 0.6) is 0 Å². The molecule has 0 radical (unpaired) electrons. The Morgan fingerprint density at radius 1 is 1.67 bits per heavy atom. The van der Waals surface area contributed by atoms with Crippen molar-refractivity contribution in [2.45, 2.75) is 13.3 Å². The van der Waals surface area contributed by atoms with Crippen LogP contribution in [0.15, 0.2) is 0 Å². The zero-order valence-corrected chi connectivity index (χ0v) is 7.21. The van der Waals surface area contributed by atoms with Gasteiger partial charge >= 0.3 is 5.97 Å². The molecule has 0 unspecified atom stereocenters. The monoisotopic (exact) mass is 167 g/mol. The molecular weight excluding hydrogens is 154 g/mol. The minimum atomic E-state index is -0.673. The van der Waals surface area contributed by atoms with E-state index in [0.29, 0.717) is 13.1 Å². The molecule has 66 valence electrons. The molecule has 12 heavy (non-hydrogen) atoms. The second kappa shape index (κ2) is 4.13. The molecule has 0 aromatic carbocycles. The predicted octanol–water partition coefficient (Wildman–Crippen LogP) is 0.416. The predicted molar refractivity (Wildman–Crippen MR) is 45.6 cm³/mol. The van der Waals surface area contributed by atoms with Crippen LogP contribution in [0.25, 0.3) is 0 Å². The lowest BCUT2D eigenvalue weighted by Crippen LogP contribution is -2.50. The van der Waals surface area contributed by atoms with Gasteiger partial charge in [0.25, 0.3) is 0 Å². The van der Waals surface area contributed by atoms with Gasteiger partial charge in [-0.3, -0.25) is 4.79 Å². The molecule has 1 saturated heterocycles. The number of nitrogens with zero attached hydrogens (tertiary/aromatic N) is 1. The molecule has 1 N–H and O–H groups in total. The van der Waals surface area contributed by atoms with Gasteiger partial charge in [-0.1, -0.05) is 0 Å². The first-order chi connectivity index (χ1) is 5.74. The largest absolute Gasteiger partial charge is 0.481 e. The molecule has 1 aliphatic heterocycles. The highest BCUT2D eigenvalue weighted by Gasteiger charge is 2.31. The number of hydrogen-bond acceptors (Lipinski definition) is 2. The van der Waals surface area contributed by atoms with Crippen molar-refractivity contribution in [1.29, 1.82) is 0 Å². The van der Waals surface area contributed by atoms with Gasteiger partial charge in [0, 0.05) is 26.1 Å². The Kier molecular flexibility index (Phi) is 3.12. The maximum atomic E-state index is 10.4. The minimum Gasteiger partial charge on any atom is -0.481 e. The van der Waals surface area contributed by atoms with Crippen LogP contribution in [0.4, 0.5) is 0 Å². The molecule has 1 fully saturated rings. The van der Waals surface area contributed by atoms with Gasteiger partial charge in [-0.2, -0.15) is 0 Å². The standard InChI is InChI=1S/C9H13NO2/c1-2-3-4-5-10-6-8(7-10)9(11)12/h8H,4-7H2,1H3,(H,11,12). The lowest BCUT2D eigenvalue weighted by Gasteiger charge is -2.36. The number of hydrogen-bond donors (Lipinski definition) is 1. The lowest BCUT2D eigenvalue weighted by molar-refractivity contribution is -0.147. The van der Waals surface area contributed by atoms with Crippen molar-refractivity contribution in [3.63, 3.8) is 0 Å². The van der Waals surface area contributed by atoms with E-state index in [1.807, 2.05) is 6.92 Å². The summed E-state index contributed by atoms with van der Waals surface area (Å²) in [5.41, 5.74) is 0. The first kappa shape index (κ1) is 9.08. The number of aliphatic carboxylic acids is 1. The van der Waals surface area contributed by atoms with Gasteiger partial charge in [0.1, 0.15) is 0 Å². The summed E-state index contributed by atoms with van der Waals surface area (Å²) < 4.78 is 0. The maximum absolute atomic E-state index is 10.4. The Morgan fingerprint density at radius 2 is 2.33 bits per heavy atom. The van der Waals surface area contributed by atoms with Gasteiger partial charge in [0.15, 0.2) is 0 Å². The van der Waals surface area contributed by atoms with Crippen LogP contribution >= 0.6 is 0 Å². The zero-order valence-electron chi connectivity index (χ0n) is 7.21. The van der Waals surface area contributed by atoms with Crippen LogP contribution in [0.3, 0.4) is 0 Å². The van der Waals surface area contributed by atoms with Crippen molar-refractivity contribution in [2.24, 2.45) is 5.92 Å². The molecule has 0 aromatic heterocycles. The van der Waals surface area contributed by atoms with E-state index in [0.717, 1.165) is 13.0 Å². The average Bonchev–Trinajstić information content (AvgIpc) is 1.93. The normalized spacial score (nSPS) is 17.8. The molecule has 0 atom stereocenters. The van der Waals surface area contributed by atoms with Gasteiger partial charge in [-0.05, 0) is 6.92 Å². The van der Waals surface area contributed by atoms with Crippen molar-refractivity contribution >= 4 is 5.97 Å². The molecule has 0 aromatic rings. The van der Waals surface area contributed by atoms with Crippen molar-refractivity contribution in [3.8, 4) is 11.8 Å². The highest BCUT2D eigenvalue weighted by Crippen LogP contribution is 2.14. The molecule has 0 bridgehead atoms. The second-order valence-electron chi connectivity index (χ2n) is 2.97. The Morgan fingerprint density at radius 3 is 2.83 bits per heavy atom. The molecule has 1 heterocycles. The maximum Gasteiger partial charge on any atom is 0.309 e. The summed E-state index contributed by atoms with van der Waals surface area (Å²) in [5.74, 6) is 4.95. The third-order valence-electron chi connectivity index (χ3n) is 2.04. The molecule has 0 spiro atoms. The highest BCUT2D eigenvalue weighted by atomic mass is 16.4.